The molecule has 144 valence electrons. The molecule has 0 radical (unpaired) electrons. The van der Waals surface area contributed by atoms with Crippen molar-refractivity contribution in [2.75, 3.05) is 0 Å². The van der Waals surface area contributed by atoms with Crippen LogP contribution in [0, 0.1) is 11.8 Å². The van der Waals surface area contributed by atoms with Crippen molar-refractivity contribution in [3.8, 4) is 0 Å². The maximum atomic E-state index is 10.4. The third-order valence-corrected chi connectivity index (χ3v) is 4.92. The van der Waals surface area contributed by atoms with E-state index in [1.54, 1.807) is 6.08 Å². The molecule has 25 heavy (non-hydrogen) atoms. The van der Waals surface area contributed by atoms with Crippen LogP contribution in [0.5, 0.6) is 0 Å². The summed E-state index contributed by atoms with van der Waals surface area (Å²) in [6.07, 6.45) is 12.2. The van der Waals surface area contributed by atoms with Crippen molar-refractivity contribution in [3.05, 3.63) is 24.3 Å². The lowest BCUT2D eigenvalue weighted by Gasteiger charge is -2.21. The molecule has 1 saturated carbocycles. The molecule has 5 heteroatoms. The average molecular weight is 354 g/mol. The van der Waals surface area contributed by atoms with Gasteiger partial charge >= 0.3 is 5.97 Å². The first-order valence-electron chi connectivity index (χ1n) is 9.55. The minimum atomic E-state index is -0.790. The predicted octanol–water partition coefficient (Wildman–Crippen LogP) is 3.04. The van der Waals surface area contributed by atoms with E-state index in [1.165, 1.54) is 0 Å². The molecule has 0 heterocycles. The Morgan fingerprint density at radius 2 is 1.92 bits per heavy atom. The normalized spacial score (nSPS) is 28.2. The fraction of sp³-hybridized carbons (Fsp3) is 0.750. The van der Waals surface area contributed by atoms with E-state index in [9.17, 15) is 20.1 Å². The largest absolute Gasteiger partial charge is 0.481 e. The lowest BCUT2D eigenvalue weighted by molar-refractivity contribution is -0.137. The number of carboxylic acid groups (broad SMARTS) is 1. The number of rotatable bonds is 12. The molecule has 4 N–H and O–H groups in total. The van der Waals surface area contributed by atoms with Crippen LogP contribution in [0.25, 0.3) is 0 Å². The van der Waals surface area contributed by atoms with Gasteiger partial charge in [-0.15, -0.1) is 0 Å². The van der Waals surface area contributed by atoms with Gasteiger partial charge in [-0.25, -0.2) is 0 Å². The van der Waals surface area contributed by atoms with Crippen molar-refractivity contribution < 1.29 is 25.2 Å². The third-order valence-electron chi connectivity index (χ3n) is 4.92. The summed E-state index contributed by atoms with van der Waals surface area (Å²) in [5, 5.41) is 38.9. The fourth-order valence-electron chi connectivity index (χ4n) is 3.47. The van der Waals surface area contributed by atoms with Gasteiger partial charge in [0.1, 0.15) is 0 Å². The summed E-state index contributed by atoms with van der Waals surface area (Å²) < 4.78 is 0. The van der Waals surface area contributed by atoms with Crippen molar-refractivity contribution in [1.29, 1.82) is 0 Å². The van der Waals surface area contributed by atoms with Crippen LogP contribution in [-0.4, -0.2) is 44.7 Å². The van der Waals surface area contributed by atoms with Crippen LogP contribution in [-0.2, 0) is 4.79 Å². The van der Waals surface area contributed by atoms with Gasteiger partial charge in [-0.1, -0.05) is 50.5 Å². The number of hydrogen-bond donors (Lipinski definition) is 4. The zero-order chi connectivity index (χ0) is 18.7. The Hall–Kier alpha value is -1.17. The van der Waals surface area contributed by atoms with E-state index in [2.05, 4.69) is 6.92 Å². The Morgan fingerprint density at radius 1 is 1.16 bits per heavy atom. The number of aliphatic hydroxyl groups excluding tert-OH is 3. The van der Waals surface area contributed by atoms with Crippen LogP contribution in [0.15, 0.2) is 24.3 Å². The van der Waals surface area contributed by atoms with Crippen LogP contribution in [0.3, 0.4) is 0 Å². The Balaban J connectivity index is 2.39. The molecule has 0 aromatic heterocycles. The zero-order valence-electron chi connectivity index (χ0n) is 15.3. The zero-order valence-corrected chi connectivity index (χ0v) is 15.3. The van der Waals surface area contributed by atoms with E-state index in [4.69, 9.17) is 5.11 Å². The smallest absolute Gasteiger partial charge is 0.303 e. The van der Waals surface area contributed by atoms with Gasteiger partial charge in [-0.05, 0) is 31.6 Å². The standard InChI is InChI=1S/C20H34O5/c1-2-3-6-10-16-17(19(23)14-18(16)22)13-12-15(21)9-7-4-5-8-11-20(24)25/h4,7,12-13,15-19,21-23H,2-3,5-6,8-11,14H2,1H3,(H,24,25)/b7-4-,13-12+/t15-,16+,17-,18+,19-/m1/s1. The van der Waals surface area contributed by atoms with Crippen molar-refractivity contribution in [2.24, 2.45) is 11.8 Å². The molecule has 0 unspecified atom stereocenters. The van der Waals surface area contributed by atoms with Gasteiger partial charge in [-0.2, -0.15) is 0 Å². The van der Waals surface area contributed by atoms with Crippen molar-refractivity contribution in [2.45, 2.75) is 83.0 Å². The minimum Gasteiger partial charge on any atom is -0.481 e. The average Bonchev–Trinajstić information content (AvgIpc) is 2.82. The predicted molar refractivity (Wildman–Crippen MR) is 98.1 cm³/mol. The van der Waals surface area contributed by atoms with Gasteiger partial charge in [0.15, 0.2) is 0 Å². The first kappa shape index (κ1) is 21.9. The second-order valence-electron chi connectivity index (χ2n) is 7.05. The number of aliphatic carboxylic acids is 1. The van der Waals surface area contributed by atoms with Gasteiger partial charge in [0, 0.05) is 18.8 Å². The molecule has 0 amide bonds. The number of allylic oxidation sites excluding steroid dienone is 1. The van der Waals surface area contributed by atoms with E-state index < -0.39 is 24.3 Å². The Kier molecular flexibility index (Phi) is 10.7. The molecule has 1 rings (SSSR count). The molecule has 0 aromatic rings. The fourth-order valence-corrected chi connectivity index (χ4v) is 3.47. The lowest BCUT2D eigenvalue weighted by atomic mass is 9.88. The Bertz CT molecular complexity index is 432. The number of carbonyl (C=O) groups is 1. The first-order valence-corrected chi connectivity index (χ1v) is 9.55. The van der Waals surface area contributed by atoms with E-state index in [1.807, 2.05) is 18.2 Å². The van der Waals surface area contributed by atoms with Gasteiger partial charge in [-0.3, -0.25) is 4.79 Å². The molecular weight excluding hydrogens is 320 g/mol. The summed E-state index contributed by atoms with van der Waals surface area (Å²) in [6, 6.07) is 0. The monoisotopic (exact) mass is 354 g/mol. The molecule has 5 atom stereocenters. The van der Waals surface area contributed by atoms with Crippen molar-refractivity contribution >= 4 is 5.97 Å². The van der Waals surface area contributed by atoms with Crippen LogP contribution >= 0.6 is 0 Å². The third kappa shape index (κ3) is 8.66. The molecule has 0 bridgehead atoms. The lowest BCUT2D eigenvalue weighted by Crippen LogP contribution is -2.21. The summed E-state index contributed by atoms with van der Waals surface area (Å²) in [4.78, 5) is 10.4. The number of aliphatic hydroxyl groups is 3. The highest BCUT2D eigenvalue weighted by atomic mass is 16.4. The van der Waals surface area contributed by atoms with Gasteiger partial charge < -0.3 is 20.4 Å². The molecule has 0 saturated heterocycles. The Morgan fingerprint density at radius 3 is 2.60 bits per heavy atom. The molecule has 0 spiro atoms. The quantitative estimate of drug-likeness (QED) is 0.319. The van der Waals surface area contributed by atoms with Crippen molar-refractivity contribution in [3.63, 3.8) is 0 Å². The minimum absolute atomic E-state index is 0.0663. The van der Waals surface area contributed by atoms with E-state index in [0.29, 0.717) is 25.7 Å². The number of hydrogen-bond acceptors (Lipinski definition) is 4. The van der Waals surface area contributed by atoms with Crippen LogP contribution < -0.4 is 0 Å². The maximum Gasteiger partial charge on any atom is 0.303 e. The summed E-state index contributed by atoms with van der Waals surface area (Å²) in [7, 11) is 0. The highest BCUT2D eigenvalue weighted by Crippen LogP contribution is 2.37. The summed E-state index contributed by atoms with van der Waals surface area (Å²) >= 11 is 0. The molecule has 1 aliphatic carbocycles. The highest BCUT2D eigenvalue weighted by Gasteiger charge is 2.39. The summed E-state index contributed by atoms with van der Waals surface area (Å²) in [6.45, 7) is 2.14. The topological polar surface area (TPSA) is 98.0 Å². The number of carboxylic acids is 1. The highest BCUT2D eigenvalue weighted by molar-refractivity contribution is 5.66. The van der Waals surface area contributed by atoms with Crippen LogP contribution in [0.4, 0.5) is 0 Å². The molecule has 1 fully saturated rings. The molecule has 5 nitrogen and oxygen atoms in total. The summed E-state index contributed by atoms with van der Waals surface area (Å²) in [5.74, 6) is -0.820. The van der Waals surface area contributed by atoms with Gasteiger partial charge in [0.25, 0.3) is 0 Å². The van der Waals surface area contributed by atoms with Crippen molar-refractivity contribution in [1.82, 2.24) is 0 Å². The SMILES string of the molecule is CCCCC[C@H]1[C@@H](/C=C/[C@H](O)C/C=C\CCCC(=O)O)[C@H](O)C[C@@H]1O. The molecule has 0 aliphatic heterocycles. The maximum absolute atomic E-state index is 10.4. The van der Waals surface area contributed by atoms with Gasteiger partial charge in [0.2, 0.25) is 0 Å². The van der Waals surface area contributed by atoms with E-state index in [-0.39, 0.29) is 18.3 Å². The molecule has 0 aromatic carbocycles. The first-order chi connectivity index (χ1) is 12.0. The Labute approximate surface area is 151 Å². The van der Waals surface area contributed by atoms with Crippen LogP contribution in [0.2, 0.25) is 0 Å². The molecular formula is C20H34O5. The number of unbranched alkanes of at least 4 members (excludes halogenated alkanes) is 3. The second-order valence-corrected chi connectivity index (χ2v) is 7.05. The van der Waals surface area contributed by atoms with E-state index >= 15 is 0 Å². The second kappa shape index (κ2) is 12.2. The van der Waals surface area contributed by atoms with E-state index in [0.717, 1.165) is 25.7 Å². The summed E-state index contributed by atoms with van der Waals surface area (Å²) in [5.41, 5.74) is 0. The molecule has 1 aliphatic rings. The van der Waals surface area contributed by atoms with Crippen LogP contribution in [0.1, 0.15) is 64.7 Å². The van der Waals surface area contributed by atoms with Gasteiger partial charge in [0.05, 0.1) is 18.3 Å².